The highest BCUT2D eigenvalue weighted by Gasteiger charge is 2.48. The van der Waals surface area contributed by atoms with Crippen LogP contribution in [0.15, 0.2) is 54.4 Å². The number of hydrogen-bond acceptors (Lipinski definition) is 8. The first-order valence-corrected chi connectivity index (χ1v) is 11.1. The van der Waals surface area contributed by atoms with Crippen LogP contribution in [0.5, 0.6) is 0 Å². The number of rotatable bonds is 5. The molecule has 1 N–H and O–H groups in total. The van der Waals surface area contributed by atoms with Crippen molar-refractivity contribution in [2.75, 3.05) is 11.5 Å². The molecule has 1 amide bonds. The second-order valence-corrected chi connectivity index (χ2v) is 8.42. The molecule has 1 saturated heterocycles. The Bertz CT molecular complexity index is 1270. The summed E-state index contributed by atoms with van der Waals surface area (Å²) in [7, 11) is 0. The van der Waals surface area contributed by atoms with Crippen molar-refractivity contribution in [3.8, 4) is 0 Å². The monoisotopic (exact) mass is 463 g/mol. The van der Waals surface area contributed by atoms with Gasteiger partial charge in [0.2, 0.25) is 0 Å². The molecular weight excluding hydrogens is 442 g/mol. The number of ketones is 1. The molecule has 168 valence electrons. The van der Waals surface area contributed by atoms with Crippen molar-refractivity contribution in [2.24, 2.45) is 0 Å². The summed E-state index contributed by atoms with van der Waals surface area (Å²) in [6.07, 6.45) is 2.98. The van der Waals surface area contributed by atoms with Crippen LogP contribution in [-0.4, -0.2) is 39.3 Å². The van der Waals surface area contributed by atoms with Gasteiger partial charge in [-0.15, -0.1) is 0 Å². The van der Waals surface area contributed by atoms with Crippen LogP contribution in [0.1, 0.15) is 45.0 Å². The van der Waals surface area contributed by atoms with Crippen LogP contribution in [0.4, 0.5) is 5.13 Å². The Kier molecular flexibility index (Phi) is 6.06. The highest BCUT2D eigenvalue weighted by Crippen LogP contribution is 2.43. The summed E-state index contributed by atoms with van der Waals surface area (Å²) in [5.74, 6) is -2.51. The Morgan fingerprint density at radius 2 is 1.79 bits per heavy atom. The molecule has 0 spiro atoms. The number of aromatic nitrogens is 2. The van der Waals surface area contributed by atoms with E-state index in [0.717, 1.165) is 16.9 Å². The summed E-state index contributed by atoms with van der Waals surface area (Å²) >= 11 is 0.975. The fourth-order valence-corrected chi connectivity index (χ4v) is 4.62. The number of aliphatic hydroxyl groups excluding tert-OH is 1. The smallest absolute Gasteiger partial charge is 0.350 e. The molecule has 0 bridgehead atoms. The Morgan fingerprint density at radius 1 is 1.12 bits per heavy atom. The Labute approximate surface area is 194 Å². The van der Waals surface area contributed by atoms with E-state index < -0.39 is 23.7 Å². The fourth-order valence-electron chi connectivity index (χ4n) is 3.63. The number of anilines is 1. The molecule has 3 aromatic rings. The molecule has 1 unspecified atom stereocenters. The lowest BCUT2D eigenvalue weighted by atomic mass is 9.95. The summed E-state index contributed by atoms with van der Waals surface area (Å²) in [5, 5.41) is 11.2. The number of hydrogen-bond donors (Lipinski definition) is 1. The van der Waals surface area contributed by atoms with Crippen LogP contribution in [0.2, 0.25) is 0 Å². The summed E-state index contributed by atoms with van der Waals surface area (Å²) < 4.78 is 5.08. The lowest BCUT2D eigenvalue weighted by Crippen LogP contribution is -2.29. The quantitative estimate of drug-likeness (QED) is 0.264. The van der Waals surface area contributed by atoms with Crippen LogP contribution >= 0.6 is 11.3 Å². The first-order chi connectivity index (χ1) is 15.8. The van der Waals surface area contributed by atoms with Gasteiger partial charge in [-0.05, 0) is 38.5 Å². The molecule has 3 heterocycles. The zero-order valence-electron chi connectivity index (χ0n) is 18.2. The average molecular weight is 464 g/mol. The second kappa shape index (κ2) is 8.95. The van der Waals surface area contributed by atoms with Crippen LogP contribution in [-0.2, 0) is 14.3 Å². The largest absolute Gasteiger partial charge is 0.507 e. The maximum atomic E-state index is 13.2. The summed E-state index contributed by atoms with van der Waals surface area (Å²) in [6.45, 7) is 5.46. The predicted molar refractivity (Wildman–Crippen MR) is 123 cm³/mol. The van der Waals surface area contributed by atoms with Gasteiger partial charge in [0.1, 0.15) is 10.6 Å². The maximum Gasteiger partial charge on any atom is 0.350 e. The van der Waals surface area contributed by atoms with E-state index in [9.17, 15) is 19.5 Å². The van der Waals surface area contributed by atoms with Gasteiger partial charge in [0, 0.05) is 18.0 Å². The molecule has 1 aromatic carbocycles. The summed E-state index contributed by atoms with van der Waals surface area (Å²) in [6, 6.07) is 9.51. The molecule has 1 fully saturated rings. The van der Waals surface area contributed by atoms with Gasteiger partial charge in [-0.1, -0.05) is 41.2 Å². The summed E-state index contributed by atoms with van der Waals surface area (Å²) in [5.41, 5.74) is 2.33. The molecule has 2 aromatic heterocycles. The molecule has 1 atom stereocenters. The number of amides is 1. The van der Waals surface area contributed by atoms with Gasteiger partial charge in [-0.3, -0.25) is 19.5 Å². The van der Waals surface area contributed by atoms with Crippen LogP contribution in [0.3, 0.4) is 0 Å². The number of Topliss-reactive ketones (excluding diaryl/α,β-unsaturated/α-hetero) is 1. The molecular formula is C24H21N3O5S. The molecule has 4 rings (SSSR count). The lowest BCUT2D eigenvalue weighted by molar-refractivity contribution is -0.132. The third-order valence-electron chi connectivity index (χ3n) is 5.24. The summed E-state index contributed by atoms with van der Waals surface area (Å²) in [4.78, 5) is 48.5. The van der Waals surface area contributed by atoms with E-state index in [2.05, 4.69) is 9.97 Å². The zero-order valence-corrected chi connectivity index (χ0v) is 19.0. The van der Waals surface area contributed by atoms with Crippen molar-refractivity contribution >= 4 is 39.9 Å². The molecule has 1 aliphatic rings. The minimum atomic E-state index is -0.917. The molecule has 8 nitrogen and oxygen atoms in total. The lowest BCUT2D eigenvalue weighted by Gasteiger charge is -2.23. The topological polar surface area (TPSA) is 110 Å². The highest BCUT2D eigenvalue weighted by molar-refractivity contribution is 7.17. The van der Waals surface area contributed by atoms with Gasteiger partial charge >= 0.3 is 11.9 Å². The number of carbonyl (C=O) groups is 3. The molecule has 33 heavy (non-hydrogen) atoms. The zero-order chi connectivity index (χ0) is 23.7. The van der Waals surface area contributed by atoms with Gasteiger partial charge in [0.25, 0.3) is 5.78 Å². The first-order valence-electron chi connectivity index (χ1n) is 10.3. The Hall–Kier alpha value is -3.85. The fraction of sp³-hybridized carbons (Fsp3) is 0.208. The number of pyridine rings is 1. The van der Waals surface area contributed by atoms with E-state index >= 15 is 0 Å². The van der Waals surface area contributed by atoms with E-state index in [4.69, 9.17) is 4.74 Å². The average Bonchev–Trinajstić information content (AvgIpc) is 3.32. The second-order valence-electron chi connectivity index (χ2n) is 7.45. The number of carbonyl (C=O) groups excluding carboxylic acids is 3. The third-order valence-corrected chi connectivity index (χ3v) is 6.38. The highest BCUT2D eigenvalue weighted by atomic mass is 32.1. The normalized spacial score (nSPS) is 17.4. The van der Waals surface area contributed by atoms with E-state index in [1.54, 1.807) is 38.1 Å². The molecule has 1 aliphatic heterocycles. The Balaban J connectivity index is 1.90. The SMILES string of the molecule is CCOC(=O)c1sc(N2C(=O)C(=O)/C(=C(/O)c3ccncc3)C2c2ccc(C)cc2)nc1C. The van der Waals surface area contributed by atoms with Gasteiger partial charge in [0.15, 0.2) is 5.13 Å². The van der Waals surface area contributed by atoms with Crippen LogP contribution in [0.25, 0.3) is 5.76 Å². The van der Waals surface area contributed by atoms with Crippen molar-refractivity contribution in [2.45, 2.75) is 26.8 Å². The number of nitrogens with zero attached hydrogens (tertiary/aromatic N) is 3. The molecule has 0 aliphatic carbocycles. The van der Waals surface area contributed by atoms with Gasteiger partial charge in [-0.2, -0.15) is 0 Å². The Morgan fingerprint density at radius 3 is 2.42 bits per heavy atom. The number of aryl methyl sites for hydroxylation is 2. The minimum Gasteiger partial charge on any atom is -0.507 e. The number of thiazole rings is 1. The maximum absolute atomic E-state index is 13.2. The van der Waals surface area contributed by atoms with Gasteiger partial charge in [0.05, 0.1) is 23.9 Å². The van der Waals surface area contributed by atoms with E-state index in [1.807, 2.05) is 19.1 Å². The predicted octanol–water partition coefficient (Wildman–Crippen LogP) is 3.96. The molecule has 9 heteroatoms. The van der Waals surface area contributed by atoms with E-state index in [0.29, 0.717) is 16.8 Å². The van der Waals surface area contributed by atoms with E-state index in [-0.39, 0.29) is 27.9 Å². The van der Waals surface area contributed by atoms with Gasteiger partial charge < -0.3 is 9.84 Å². The molecule has 0 saturated carbocycles. The third kappa shape index (κ3) is 4.03. The van der Waals surface area contributed by atoms with Crippen molar-refractivity contribution in [1.82, 2.24) is 9.97 Å². The number of esters is 1. The number of benzene rings is 1. The van der Waals surface area contributed by atoms with Crippen molar-refractivity contribution in [3.05, 3.63) is 81.6 Å². The first kappa shape index (κ1) is 22.3. The van der Waals surface area contributed by atoms with Crippen LogP contribution in [0, 0.1) is 13.8 Å². The molecule has 0 radical (unpaired) electrons. The number of aliphatic hydroxyl groups is 1. The number of ether oxygens (including phenoxy) is 1. The standard InChI is InChI=1S/C24H21N3O5S/c1-4-32-23(31)21-14(3)26-24(33-21)27-18(15-7-5-13(2)6-8-15)17(20(29)22(27)30)19(28)16-9-11-25-12-10-16/h5-12,18,28H,4H2,1-3H3/b19-17+. The van der Waals surface area contributed by atoms with Crippen LogP contribution < -0.4 is 4.90 Å². The van der Waals surface area contributed by atoms with Crippen molar-refractivity contribution < 1.29 is 24.2 Å². The van der Waals surface area contributed by atoms with Crippen molar-refractivity contribution in [1.29, 1.82) is 0 Å². The van der Waals surface area contributed by atoms with Gasteiger partial charge in [-0.25, -0.2) is 9.78 Å². The van der Waals surface area contributed by atoms with E-state index in [1.165, 1.54) is 17.3 Å². The minimum absolute atomic E-state index is 0.0550. The van der Waals surface area contributed by atoms with Crippen molar-refractivity contribution in [3.63, 3.8) is 0 Å².